The van der Waals surface area contributed by atoms with E-state index in [1.165, 1.54) is 19.2 Å². The van der Waals surface area contributed by atoms with E-state index in [0.717, 1.165) is 15.6 Å². The quantitative estimate of drug-likeness (QED) is 0.847. The number of hydrogen-bond acceptors (Lipinski definition) is 3. The smallest absolute Gasteiger partial charge is 0.228 e. The van der Waals surface area contributed by atoms with Crippen molar-refractivity contribution >= 4 is 27.5 Å². The van der Waals surface area contributed by atoms with Gasteiger partial charge in [-0.15, -0.1) is 0 Å². The van der Waals surface area contributed by atoms with E-state index in [1.807, 2.05) is 0 Å². The Labute approximate surface area is 142 Å². The number of anilines is 1. The molecule has 4 nitrogen and oxygen atoms in total. The van der Waals surface area contributed by atoms with E-state index in [0.29, 0.717) is 17.2 Å². The van der Waals surface area contributed by atoms with Crippen LogP contribution in [0.4, 0.5) is 10.1 Å². The van der Waals surface area contributed by atoms with E-state index >= 15 is 0 Å². The predicted molar refractivity (Wildman–Crippen MR) is 90.7 cm³/mol. The first kappa shape index (κ1) is 17.3. The minimum Gasteiger partial charge on any atom is -0.493 e. The van der Waals surface area contributed by atoms with Crippen molar-refractivity contribution in [1.29, 1.82) is 0 Å². The zero-order valence-electron chi connectivity index (χ0n) is 13.1. The molecular formula is C17H17BrFNO3. The summed E-state index contributed by atoms with van der Waals surface area (Å²) in [4.78, 5) is 12.2. The van der Waals surface area contributed by atoms with Crippen LogP contribution in [-0.4, -0.2) is 20.1 Å². The summed E-state index contributed by atoms with van der Waals surface area (Å²) in [6.45, 7) is 1.81. The predicted octanol–water partition coefficient (Wildman–Crippen LogP) is 4.10. The van der Waals surface area contributed by atoms with Crippen LogP contribution >= 0.6 is 15.9 Å². The molecule has 122 valence electrons. The van der Waals surface area contributed by atoms with Gasteiger partial charge in [0, 0.05) is 10.2 Å². The van der Waals surface area contributed by atoms with Crippen LogP contribution in [0.5, 0.6) is 11.5 Å². The fourth-order valence-electron chi connectivity index (χ4n) is 2.13. The number of halogens is 2. The second-order valence-electron chi connectivity index (χ2n) is 4.98. The zero-order valence-corrected chi connectivity index (χ0v) is 14.7. The molecule has 0 saturated heterocycles. The number of carbonyl (C=O) groups excluding carboxylic acids is 1. The van der Waals surface area contributed by atoms with Gasteiger partial charge in [-0.1, -0.05) is 22.0 Å². The number of ether oxygens (including phenoxy) is 2. The lowest BCUT2D eigenvalue weighted by molar-refractivity contribution is -0.115. The highest BCUT2D eigenvalue weighted by Gasteiger charge is 2.13. The van der Waals surface area contributed by atoms with E-state index in [4.69, 9.17) is 9.47 Å². The molecule has 0 unspecified atom stereocenters. The fourth-order valence-corrected chi connectivity index (χ4v) is 2.59. The average molecular weight is 382 g/mol. The lowest BCUT2D eigenvalue weighted by atomic mass is 10.1. The second kappa shape index (κ2) is 7.46. The highest BCUT2D eigenvalue weighted by atomic mass is 79.9. The summed E-state index contributed by atoms with van der Waals surface area (Å²) in [6, 6.07) is 7.76. The molecule has 0 heterocycles. The molecule has 0 bridgehead atoms. The Morgan fingerprint density at radius 3 is 2.48 bits per heavy atom. The molecule has 0 atom stereocenters. The van der Waals surface area contributed by atoms with Crippen molar-refractivity contribution in [1.82, 2.24) is 0 Å². The van der Waals surface area contributed by atoms with Crippen LogP contribution in [0, 0.1) is 12.7 Å². The third-order valence-electron chi connectivity index (χ3n) is 3.38. The zero-order chi connectivity index (χ0) is 17.0. The number of rotatable bonds is 5. The Morgan fingerprint density at radius 1 is 1.17 bits per heavy atom. The maximum Gasteiger partial charge on any atom is 0.228 e. The van der Waals surface area contributed by atoms with Gasteiger partial charge in [-0.2, -0.15) is 0 Å². The van der Waals surface area contributed by atoms with Gasteiger partial charge in [-0.3, -0.25) is 4.79 Å². The van der Waals surface area contributed by atoms with Crippen LogP contribution in [0.1, 0.15) is 11.1 Å². The van der Waals surface area contributed by atoms with Crippen LogP contribution < -0.4 is 14.8 Å². The molecule has 0 saturated carbocycles. The van der Waals surface area contributed by atoms with Crippen molar-refractivity contribution in [3.05, 3.63) is 51.7 Å². The summed E-state index contributed by atoms with van der Waals surface area (Å²) >= 11 is 3.42. The Kier molecular flexibility index (Phi) is 5.60. The number of methoxy groups -OCH3 is 2. The number of carbonyl (C=O) groups is 1. The topological polar surface area (TPSA) is 47.6 Å². The Hall–Kier alpha value is -2.08. The standard InChI is InChI=1S/C17H17BrFNO3/c1-10-4-5-12(19)8-14(10)20-17(21)7-11-6-15(22-2)16(23-3)9-13(11)18/h4-6,8-9H,7H2,1-3H3,(H,20,21). The van der Waals surface area contributed by atoms with Gasteiger partial charge in [0.2, 0.25) is 5.91 Å². The van der Waals surface area contributed by atoms with Gasteiger partial charge in [-0.05, 0) is 42.3 Å². The van der Waals surface area contributed by atoms with Crippen molar-refractivity contribution in [2.45, 2.75) is 13.3 Å². The number of amides is 1. The molecule has 2 rings (SSSR count). The van der Waals surface area contributed by atoms with Gasteiger partial charge in [0.15, 0.2) is 11.5 Å². The van der Waals surface area contributed by atoms with Gasteiger partial charge in [-0.25, -0.2) is 4.39 Å². The highest BCUT2D eigenvalue weighted by Crippen LogP contribution is 2.33. The maximum absolute atomic E-state index is 13.3. The summed E-state index contributed by atoms with van der Waals surface area (Å²) in [5, 5.41) is 2.72. The SMILES string of the molecule is COc1cc(Br)c(CC(=O)Nc2cc(F)ccc2C)cc1OC. The molecule has 1 N–H and O–H groups in total. The number of benzene rings is 2. The second-order valence-corrected chi connectivity index (χ2v) is 5.84. The van der Waals surface area contributed by atoms with Crippen LogP contribution in [0.25, 0.3) is 0 Å². The lowest BCUT2D eigenvalue weighted by Gasteiger charge is -2.13. The molecule has 0 spiro atoms. The maximum atomic E-state index is 13.3. The van der Waals surface area contributed by atoms with Crippen molar-refractivity contribution in [3.8, 4) is 11.5 Å². The van der Waals surface area contributed by atoms with Gasteiger partial charge in [0.25, 0.3) is 0 Å². The summed E-state index contributed by atoms with van der Waals surface area (Å²) in [6.07, 6.45) is 0.122. The first-order valence-electron chi connectivity index (χ1n) is 6.91. The van der Waals surface area contributed by atoms with Crippen LogP contribution in [0.2, 0.25) is 0 Å². The largest absolute Gasteiger partial charge is 0.493 e. The summed E-state index contributed by atoms with van der Waals surface area (Å²) < 4.78 is 24.5. The average Bonchev–Trinajstić information content (AvgIpc) is 2.52. The van der Waals surface area contributed by atoms with E-state index in [-0.39, 0.29) is 12.3 Å². The molecule has 0 aliphatic carbocycles. The molecule has 0 radical (unpaired) electrons. The van der Waals surface area contributed by atoms with Gasteiger partial charge < -0.3 is 14.8 Å². The molecule has 6 heteroatoms. The van der Waals surface area contributed by atoms with E-state index in [9.17, 15) is 9.18 Å². The van der Waals surface area contributed by atoms with Crippen molar-refractivity contribution < 1.29 is 18.7 Å². The molecule has 23 heavy (non-hydrogen) atoms. The number of nitrogens with one attached hydrogen (secondary N) is 1. The van der Waals surface area contributed by atoms with Crippen LogP contribution in [0.3, 0.4) is 0 Å². The monoisotopic (exact) mass is 381 g/mol. The van der Waals surface area contributed by atoms with Gasteiger partial charge >= 0.3 is 0 Å². The summed E-state index contributed by atoms with van der Waals surface area (Å²) in [5.41, 5.74) is 2.01. The molecule has 0 fully saturated rings. The third-order valence-corrected chi connectivity index (χ3v) is 4.12. The molecule has 0 aliphatic rings. The molecule has 2 aromatic rings. The van der Waals surface area contributed by atoms with E-state index < -0.39 is 5.82 Å². The number of hydrogen-bond donors (Lipinski definition) is 1. The summed E-state index contributed by atoms with van der Waals surface area (Å²) in [7, 11) is 3.08. The van der Waals surface area contributed by atoms with Gasteiger partial charge in [0.05, 0.1) is 20.6 Å². The Balaban J connectivity index is 2.18. The molecule has 0 aliphatic heterocycles. The Morgan fingerprint density at radius 2 is 1.83 bits per heavy atom. The van der Waals surface area contributed by atoms with Gasteiger partial charge in [0.1, 0.15) is 5.82 Å². The highest BCUT2D eigenvalue weighted by molar-refractivity contribution is 9.10. The van der Waals surface area contributed by atoms with Crippen molar-refractivity contribution in [3.63, 3.8) is 0 Å². The summed E-state index contributed by atoms with van der Waals surface area (Å²) in [5.74, 6) is 0.481. The molecular weight excluding hydrogens is 365 g/mol. The first-order valence-corrected chi connectivity index (χ1v) is 7.70. The Bertz CT molecular complexity index is 734. The van der Waals surface area contributed by atoms with Crippen LogP contribution in [0.15, 0.2) is 34.8 Å². The van der Waals surface area contributed by atoms with Crippen LogP contribution in [-0.2, 0) is 11.2 Å². The molecule has 2 aromatic carbocycles. The van der Waals surface area contributed by atoms with Crippen molar-refractivity contribution in [2.75, 3.05) is 19.5 Å². The normalized spacial score (nSPS) is 10.3. The lowest BCUT2D eigenvalue weighted by Crippen LogP contribution is -2.15. The fraction of sp³-hybridized carbons (Fsp3) is 0.235. The minimum atomic E-state index is -0.391. The minimum absolute atomic E-state index is 0.122. The van der Waals surface area contributed by atoms with Crippen molar-refractivity contribution in [2.24, 2.45) is 0 Å². The first-order chi connectivity index (χ1) is 10.9. The van der Waals surface area contributed by atoms with E-state index in [1.54, 1.807) is 32.2 Å². The molecule has 1 amide bonds. The number of aryl methyl sites for hydroxylation is 1. The van der Waals surface area contributed by atoms with E-state index in [2.05, 4.69) is 21.2 Å². The molecule has 0 aromatic heterocycles. The third kappa shape index (κ3) is 4.22.